The van der Waals surface area contributed by atoms with Gasteiger partial charge >= 0.3 is 5.97 Å². The van der Waals surface area contributed by atoms with Crippen LogP contribution in [0.5, 0.6) is 0 Å². The van der Waals surface area contributed by atoms with Gasteiger partial charge in [0.1, 0.15) is 4.75 Å². The summed E-state index contributed by atoms with van der Waals surface area (Å²) in [6.45, 7) is 9.10. The number of aryl methyl sites for hydroxylation is 1. The second kappa shape index (κ2) is 7.94. The van der Waals surface area contributed by atoms with E-state index >= 15 is 0 Å². The van der Waals surface area contributed by atoms with E-state index in [1.807, 2.05) is 27.7 Å². The minimum atomic E-state index is -3.61. The molecule has 2 atom stereocenters. The minimum absolute atomic E-state index is 0.0744. The van der Waals surface area contributed by atoms with Gasteiger partial charge < -0.3 is 9.66 Å². The van der Waals surface area contributed by atoms with Crippen LogP contribution in [0.15, 0.2) is 12.1 Å². The Kier molecular flexibility index (Phi) is 6.91. The third-order valence-electron chi connectivity index (χ3n) is 3.48. The van der Waals surface area contributed by atoms with Crippen LogP contribution in [0.3, 0.4) is 0 Å². The topological polar surface area (TPSA) is 119 Å². The highest BCUT2D eigenvalue weighted by Crippen LogP contribution is 2.29. The molecule has 0 fully saturated rings. The fraction of sp³-hybridized carbons (Fsp3) is 0.562. The standard InChI is InChI=1S/C16H26N2O5S2/c1-7-11-8-12(10(2)17-24(21)16(3,4)5)9-13(15(19)20)14(11)18-25(6,22)23/h8-10,17-18H,7H2,1-6H3,(H,19,20)/t10-,24-/m1/s1. The van der Waals surface area contributed by atoms with Crippen LogP contribution in [0.4, 0.5) is 5.69 Å². The van der Waals surface area contributed by atoms with E-state index in [0.717, 1.165) is 6.26 Å². The summed E-state index contributed by atoms with van der Waals surface area (Å²) in [6, 6.07) is 2.78. The van der Waals surface area contributed by atoms with Gasteiger partial charge in [-0.3, -0.25) is 4.72 Å². The summed E-state index contributed by atoms with van der Waals surface area (Å²) in [6.07, 6.45) is 1.42. The first kappa shape index (κ1) is 21.8. The van der Waals surface area contributed by atoms with E-state index in [2.05, 4.69) is 9.44 Å². The Balaban J connectivity index is 3.36. The zero-order valence-corrected chi connectivity index (χ0v) is 17.0. The summed E-state index contributed by atoms with van der Waals surface area (Å²) in [5, 5.41) is 9.48. The highest BCUT2D eigenvalue weighted by Gasteiger charge is 2.29. The molecule has 1 aromatic rings. The number of sulfonamides is 1. The predicted molar refractivity (Wildman–Crippen MR) is 101 cm³/mol. The lowest BCUT2D eigenvalue weighted by atomic mass is 9.98. The average Bonchev–Trinajstić information content (AvgIpc) is 2.44. The number of rotatable bonds is 7. The lowest BCUT2D eigenvalue weighted by Crippen LogP contribution is -2.40. The number of carbonyl (C=O) groups is 1. The number of carboxylic acid groups (broad SMARTS) is 1. The van der Waals surface area contributed by atoms with Crippen LogP contribution in [0, 0.1) is 0 Å². The van der Waals surface area contributed by atoms with Gasteiger partial charge in [0.05, 0.1) is 23.5 Å². The smallest absolute Gasteiger partial charge is 0.337 e. The predicted octanol–water partition coefficient (Wildman–Crippen LogP) is 2.43. The molecule has 9 heteroatoms. The number of nitrogens with one attached hydrogen (secondary N) is 2. The Labute approximate surface area is 152 Å². The lowest BCUT2D eigenvalue weighted by Gasteiger charge is -2.27. The van der Waals surface area contributed by atoms with Crippen LogP contribution in [-0.2, 0) is 27.8 Å². The van der Waals surface area contributed by atoms with Gasteiger partial charge in [-0.25, -0.2) is 13.2 Å². The Bertz CT molecular complexity index is 742. The number of carboxylic acids is 1. The van der Waals surface area contributed by atoms with Gasteiger partial charge in [0.15, 0.2) is 0 Å². The first-order valence-electron chi connectivity index (χ1n) is 7.82. The monoisotopic (exact) mass is 390 g/mol. The van der Waals surface area contributed by atoms with E-state index in [0.29, 0.717) is 17.5 Å². The molecule has 0 aliphatic rings. The summed E-state index contributed by atoms with van der Waals surface area (Å²) < 4.78 is 40.2. The second-order valence-corrected chi connectivity index (χ2v) is 10.6. The molecule has 0 aliphatic heterocycles. The molecule has 0 bridgehead atoms. The van der Waals surface area contributed by atoms with Crippen LogP contribution in [0.1, 0.15) is 62.1 Å². The average molecular weight is 391 g/mol. The molecule has 142 valence electrons. The zero-order valence-electron chi connectivity index (χ0n) is 15.3. The van der Waals surface area contributed by atoms with Crippen LogP contribution in [0.2, 0.25) is 0 Å². The Morgan fingerprint density at radius 3 is 2.32 bits per heavy atom. The normalized spacial score (nSPS) is 14.8. The third-order valence-corrected chi connectivity index (χ3v) is 5.74. The van der Waals surface area contributed by atoms with Crippen molar-refractivity contribution in [3.8, 4) is 0 Å². The molecule has 0 amide bonds. The minimum Gasteiger partial charge on any atom is -0.598 e. The maximum absolute atomic E-state index is 12.3. The first-order valence-corrected chi connectivity index (χ1v) is 10.9. The van der Waals surface area contributed by atoms with Crippen molar-refractivity contribution in [3.63, 3.8) is 0 Å². The van der Waals surface area contributed by atoms with E-state index in [9.17, 15) is 22.9 Å². The van der Waals surface area contributed by atoms with Crippen molar-refractivity contribution in [1.29, 1.82) is 0 Å². The summed E-state index contributed by atoms with van der Waals surface area (Å²) in [4.78, 5) is 11.6. The molecule has 25 heavy (non-hydrogen) atoms. The van der Waals surface area contributed by atoms with Gasteiger partial charge in [-0.2, -0.15) is 0 Å². The van der Waals surface area contributed by atoms with Gasteiger partial charge in [0.2, 0.25) is 10.0 Å². The van der Waals surface area contributed by atoms with Crippen molar-refractivity contribution in [3.05, 3.63) is 28.8 Å². The van der Waals surface area contributed by atoms with E-state index in [4.69, 9.17) is 0 Å². The van der Waals surface area contributed by atoms with Crippen molar-refractivity contribution in [1.82, 2.24) is 4.72 Å². The Hall–Kier alpha value is -1.29. The van der Waals surface area contributed by atoms with Crippen molar-refractivity contribution >= 4 is 33.0 Å². The quantitative estimate of drug-likeness (QED) is 0.615. The van der Waals surface area contributed by atoms with Gasteiger partial charge in [0.25, 0.3) is 0 Å². The zero-order chi connectivity index (χ0) is 19.6. The maximum atomic E-state index is 12.3. The molecule has 0 aliphatic carbocycles. The molecular weight excluding hydrogens is 364 g/mol. The summed E-state index contributed by atoms with van der Waals surface area (Å²) in [5.74, 6) is -1.23. The van der Waals surface area contributed by atoms with Crippen molar-refractivity contribution in [2.75, 3.05) is 11.0 Å². The summed E-state index contributed by atoms with van der Waals surface area (Å²) >= 11 is -1.32. The third kappa shape index (κ3) is 6.18. The molecule has 0 heterocycles. The van der Waals surface area contributed by atoms with Crippen molar-refractivity contribution in [2.24, 2.45) is 0 Å². The van der Waals surface area contributed by atoms with Crippen LogP contribution in [0.25, 0.3) is 0 Å². The fourth-order valence-corrected chi connectivity index (χ4v) is 3.56. The molecule has 0 aromatic heterocycles. The van der Waals surface area contributed by atoms with Gasteiger partial charge in [-0.1, -0.05) is 13.0 Å². The highest BCUT2D eigenvalue weighted by atomic mass is 32.2. The molecule has 1 rings (SSSR count). The van der Waals surface area contributed by atoms with E-state index in [1.165, 1.54) is 6.07 Å². The Morgan fingerprint density at radius 2 is 1.92 bits per heavy atom. The van der Waals surface area contributed by atoms with Crippen LogP contribution >= 0.6 is 0 Å². The summed E-state index contributed by atoms with van der Waals surface area (Å²) in [5.41, 5.74) is 1.14. The molecule has 0 radical (unpaired) electrons. The molecule has 0 unspecified atom stereocenters. The Morgan fingerprint density at radius 1 is 1.36 bits per heavy atom. The molecular formula is C16H26N2O5S2. The number of benzene rings is 1. The number of aromatic carboxylic acids is 1. The fourth-order valence-electron chi connectivity index (χ4n) is 2.14. The van der Waals surface area contributed by atoms with Crippen molar-refractivity contribution in [2.45, 2.75) is 51.8 Å². The molecule has 0 saturated heterocycles. The largest absolute Gasteiger partial charge is 0.598 e. The van der Waals surface area contributed by atoms with Crippen LogP contribution < -0.4 is 9.44 Å². The first-order chi connectivity index (χ1) is 11.3. The van der Waals surface area contributed by atoms with E-state index in [-0.39, 0.29) is 17.3 Å². The highest BCUT2D eigenvalue weighted by molar-refractivity contribution is 7.92. The molecule has 7 nitrogen and oxygen atoms in total. The SMILES string of the molecule is CCc1cc([C@@H](C)N[S@+]([O-])C(C)(C)C)cc(C(=O)O)c1NS(C)(=O)=O. The van der Waals surface area contributed by atoms with E-state index < -0.39 is 32.1 Å². The number of anilines is 1. The summed E-state index contributed by atoms with van der Waals surface area (Å²) in [7, 11) is -3.61. The molecule has 0 saturated carbocycles. The van der Waals surface area contributed by atoms with Gasteiger partial charge in [-0.05, 0) is 51.3 Å². The number of hydrogen-bond acceptors (Lipinski definition) is 5. The van der Waals surface area contributed by atoms with E-state index in [1.54, 1.807) is 13.0 Å². The van der Waals surface area contributed by atoms with Crippen molar-refractivity contribution < 1.29 is 22.9 Å². The number of hydrogen-bond donors (Lipinski definition) is 3. The van der Waals surface area contributed by atoms with Crippen LogP contribution in [-0.4, -0.2) is 35.0 Å². The van der Waals surface area contributed by atoms with Gasteiger partial charge in [0, 0.05) is 11.4 Å². The lowest BCUT2D eigenvalue weighted by molar-refractivity contribution is 0.0698. The maximum Gasteiger partial charge on any atom is 0.337 e. The molecule has 0 spiro atoms. The molecule has 1 aromatic carbocycles. The van der Waals surface area contributed by atoms with Gasteiger partial charge in [-0.15, -0.1) is 4.72 Å². The second-order valence-electron chi connectivity index (χ2n) is 6.86. The molecule has 3 N–H and O–H groups in total.